The molecule has 1 aliphatic rings. The van der Waals surface area contributed by atoms with E-state index in [1.165, 1.54) is 6.20 Å². The number of carboxylic acid groups (broad SMARTS) is 1. The predicted octanol–water partition coefficient (Wildman–Crippen LogP) is -1.40. The molecule has 1 amide bonds. The molecule has 1 aliphatic heterocycles. The monoisotopic (exact) mass is 323 g/mol. The van der Waals surface area contributed by atoms with E-state index in [1.807, 2.05) is 0 Å². The summed E-state index contributed by atoms with van der Waals surface area (Å²) in [6, 6.07) is 3.24. The minimum Gasteiger partial charge on any atom is -0.481 e. The van der Waals surface area contributed by atoms with E-state index in [9.17, 15) is 14.6 Å². The van der Waals surface area contributed by atoms with Gasteiger partial charge in [0.15, 0.2) is 0 Å². The van der Waals surface area contributed by atoms with E-state index in [0.29, 0.717) is 11.4 Å². The van der Waals surface area contributed by atoms with Crippen LogP contribution in [0, 0.1) is 0 Å². The molecule has 0 aliphatic carbocycles. The number of nitrogens with two attached hydrogens (primary N) is 1. The van der Waals surface area contributed by atoms with Crippen molar-refractivity contribution in [3.05, 3.63) is 23.9 Å². The zero-order chi connectivity index (χ0) is 16.8. The van der Waals surface area contributed by atoms with Crippen LogP contribution in [-0.4, -0.2) is 59.4 Å². The summed E-state index contributed by atoms with van der Waals surface area (Å²) in [5.41, 5.74) is 6.23. The highest BCUT2D eigenvalue weighted by molar-refractivity contribution is 6.45. The fourth-order valence-corrected chi connectivity index (χ4v) is 2.20. The van der Waals surface area contributed by atoms with Gasteiger partial charge in [0, 0.05) is 6.20 Å². The van der Waals surface area contributed by atoms with Crippen molar-refractivity contribution in [2.24, 2.45) is 0 Å². The fourth-order valence-electron chi connectivity index (χ4n) is 2.20. The number of carboxylic acids is 1. The Morgan fingerprint density at radius 3 is 2.96 bits per heavy atom. The first-order valence-electron chi connectivity index (χ1n) is 7.07. The third kappa shape index (κ3) is 5.51. The number of aliphatic carboxylic acids is 1. The van der Waals surface area contributed by atoms with Crippen molar-refractivity contribution in [1.82, 2.24) is 10.3 Å². The molecular weight excluding hydrogens is 305 g/mol. The molecule has 1 saturated heterocycles. The van der Waals surface area contributed by atoms with Crippen molar-refractivity contribution in [1.29, 1.82) is 0 Å². The van der Waals surface area contributed by atoms with Gasteiger partial charge < -0.3 is 30.6 Å². The second-order valence-electron chi connectivity index (χ2n) is 5.22. The summed E-state index contributed by atoms with van der Waals surface area (Å²) in [6.07, 6.45) is 0.522. The second-order valence-corrected chi connectivity index (χ2v) is 5.22. The number of nitrogen functional groups attached to an aromatic ring is 1. The van der Waals surface area contributed by atoms with Crippen LogP contribution < -0.4 is 11.1 Å². The molecule has 0 bridgehead atoms. The van der Waals surface area contributed by atoms with Crippen LogP contribution in [0.1, 0.15) is 12.0 Å². The predicted molar refractivity (Wildman–Crippen MR) is 80.2 cm³/mol. The van der Waals surface area contributed by atoms with E-state index >= 15 is 0 Å². The van der Waals surface area contributed by atoms with Crippen LogP contribution >= 0.6 is 0 Å². The Hall–Kier alpha value is -2.17. The first kappa shape index (κ1) is 17.2. The molecule has 5 N–H and O–H groups in total. The summed E-state index contributed by atoms with van der Waals surface area (Å²) in [7, 11) is -1.34. The number of pyridine rings is 1. The van der Waals surface area contributed by atoms with Gasteiger partial charge in [-0.25, -0.2) is 4.98 Å². The molecule has 1 aromatic heterocycles. The fraction of sp³-hybridized carbons (Fsp3) is 0.462. The lowest BCUT2D eigenvalue weighted by atomic mass is 9.79. The number of rotatable bonds is 5. The maximum absolute atomic E-state index is 12.0. The number of nitrogens with one attached hydrogen (secondary N) is 1. The van der Waals surface area contributed by atoms with Crippen molar-refractivity contribution in [2.45, 2.75) is 24.9 Å². The summed E-state index contributed by atoms with van der Waals surface area (Å²) < 4.78 is 10.5. The third-order valence-corrected chi connectivity index (χ3v) is 3.24. The molecule has 1 aromatic rings. The Balaban J connectivity index is 1.88. The summed E-state index contributed by atoms with van der Waals surface area (Å²) in [5.74, 6) is -1.86. The topological polar surface area (TPSA) is 144 Å². The number of hydrogen-bond donors (Lipinski definition) is 4. The zero-order valence-electron chi connectivity index (χ0n) is 12.3. The molecule has 1 fully saturated rings. The zero-order valence-corrected chi connectivity index (χ0v) is 12.3. The highest BCUT2D eigenvalue weighted by Crippen LogP contribution is 2.10. The van der Waals surface area contributed by atoms with Crippen LogP contribution in [0.5, 0.6) is 0 Å². The maximum Gasteiger partial charge on any atom is 0.480 e. The Morgan fingerprint density at radius 2 is 2.26 bits per heavy atom. The van der Waals surface area contributed by atoms with E-state index in [1.54, 1.807) is 12.1 Å². The molecule has 23 heavy (non-hydrogen) atoms. The lowest BCUT2D eigenvalue weighted by Gasteiger charge is -2.18. The van der Waals surface area contributed by atoms with Gasteiger partial charge in [0.25, 0.3) is 0 Å². The molecule has 0 aromatic carbocycles. The van der Waals surface area contributed by atoms with Crippen molar-refractivity contribution < 1.29 is 29.1 Å². The Labute approximate surface area is 132 Å². The molecule has 10 heteroatoms. The normalized spacial score (nSPS) is 21.5. The standard InChI is InChI=1S/C13H18BN3O6/c15-11-3-8(1-2-16-11)4-12(18)17-10-7-22-6-9(5-13(19)20)23-14(10)21/h1-3,9-10,21H,4-7H2,(H2,15,16)(H,17,18)(H,19,20)/t9-,10-/m0/s1. The van der Waals surface area contributed by atoms with Crippen LogP contribution in [0.15, 0.2) is 18.3 Å². The highest BCUT2D eigenvalue weighted by Gasteiger charge is 2.35. The van der Waals surface area contributed by atoms with E-state index < -0.39 is 25.1 Å². The van der Waals surface area contributed by atoms with E-state index in [4.69, 9.17) is 20.2 Å². The van der Waals surface area contributed by atoms with Crippen molar-refractivity contribution >= 4 is 24.8 Å². The summed E-state index contributed by atoms with van der Waals surface area (Å²) in [5, 5.41) is 21.3. The molecule has 2 heterocycles. The smallest absolute Gasteiger partial charge is 0.480 e. The lowest BCUT2D eigenvalue weighted by molar-refractivity contribution is -0.139. The van der Waals surface area contributed by atoms with Gasteiger partial charge in [-0.1, -0.05) is 0 Å². The largest absolute Gasteiger partial charge is 0.481 e. The number of aromatic nitrogens is 1. The molecule has 0 spiro atoms. The minimum atomic E-state index is -1.34. The van der Waals surface area contributed by atoms with Gasteiger partial charge in [-0.3, -0.25) is 9.59 Å². The van der Waals surface area contributed by atoms with Crippen LogP contribution in [0.3, 0.4) is 0 Å². The Bertz CT molecular complexity index is 572. The van der Waals surface area contributed by atoms with Crippen LogP contribution in [-0.2, 0) is 25.4 Å². The molecule has 0 radical (unpaired) electrons. The average molecular weight is 323 g/mol. The molecule has 2 atom stereocenters. The average Bonchev–Trinajstić information content (AvgIpc) is 2.60. The summed E-state index contributed by atoms with van der Waals surface area (Å²) in [4.78, 5) is 26.5. The molecule has 9 nitrogen and oxygen atoms in total. The van der Waals surface area contributed by atoms with Gasteiger partial charge in [-0.05, 0) is 17.7 Å². The van der Waals surface area contributed by atoms with Gasteiger partial charge in [-0.2, -0.15) is 0 Å². The molecular formula is C13H18BN3O6. The minimum absolute atomic E-state index is 0.0293. The SMILES string of the molecule is Nc1cc(CC(=O)N[C@H]2COC[C@H](CC(=O)O)OB2O)ccn1. The van der Waals surface area contributed by atoms with Crippen LogP contribution in [0.2, 0.25) is 0 Å². The van der Waals surface area contributed by atoms with Gasteiger partial charge in [0.1, 0.15) is 5.82 Å². The van der Waals surface area contributed by atoms with Gasteiger partial charge in [0.2, 0.25) is 5.91 Å². The van der Waals surface area contributed by atoms with Gasteiger partial charge >= 0.3 is 13.1 Å². The van der Waals surface area contributed by atoms with Gasteiger partial charge in [-0.15, -0.1) is 0 Å². The number of hydrogen-bond acceptors (Lipinski definition) is 7. The van der Waals surface area contributed by atoms with Crippen LogP contribution in [0.4, 0.5) is 5.82 Å². The first-order chi connectivity index (χ1) is 10.9. The van der Waals surface area contributed by atoms with Crippen molar-refractivity contribution in [3.8, 4) is 0 Å². The lowest BCUT2D eigenvalue weighted by Crippen LogP contribution is -2.50. The maximum atomic E-state index is 12.0. The number of anilines is 1. The van der Waals surface area contributed by atoms with Crippen LogP contribution in [0.25, 0.3) is 0 Å². The quantitative estimate of drug-likeness (QED) is 0.484. The molecule has 0 saturated carbocycles. The van der Waals surface area contributed by atoms with E-state index in [2.05, 4.69) is 10.3 Å². The third-order valence-electron chi connectivity index (χ3n) is 3.24. The van der Waals surface area contributed by atoms with E-state index in [0.717, 1.165) is 0 Å². The molecule has 124 valence electrons. The summed E-state index contributed by atoms with van der Waals surface area (Å²) in [6.45, 7) is 0.0676. The number of carbonyl (C=O) groups excluding carboxylic acids is 1. The van der Waals surface area contributed by atoms with Gasteiger partial charge in [0.05, 0.1) is 38.1 Å². The number of amides is 1. The first-order valence-corrected chi connectivity index (χ1v) is 7.07. The number of ether oxygens (including phenoxy) is 1. The number of nitrogens with zero attached hydrogens (tertiary/aromatic N) is 1. The van der Waals surface area contributed by atoms with E-state index in [-0.39, 0.29) is 32.0 Å². The summed E-state index contributed by atoms with van der Waals surface area (Å²) >= 11 is 0. The molecule has 2 rings (SSSR count). The second kappa shape index (κ2) is 7.91. The van der Waals surface area contributed by atoms with Crippen molar-refractivity contribution in [2.75, 3.05) is 18.9 Å². The highest BCUT2D eigenvalue weighted by atomic mass is 16.6. The molecule has 0 unspecified atom stereocenters. The Morgan fingerprint density at radius 1 is 1.48 bits per heavy atom. The Kier molecular flexibility index (Phi) is 5.91. The van der Waals surface area contributed by atoms with Crippen molar-refractivity contribution in [3.63, 3.8) is 0 Å². The number of carbonyl (C=O) groups is 2.